The first-order chi connectivity index (χ1) is 14.5. The normalized spacial score (nSPS) is 17.6. The number of hydrogen-bond acceptors (Lipinski definition) is 5. The Balaban J connectivity index is 1.43. The maximum Gasteiger partial charge on any atom is 0.237 e. The van der Waals surface area contributed by atoms with E-state index in [4.69, 9.17) is 5.73 Å². The molecule has 3 rings (SSSR count). The van der Waals surface area contributed by atoms with Crippen molar-refractivity contribution in [1.29, 1.82) is 0 Å². The molecule has 30 heavy (non-hydrogen) atoms. The topological polar surface area (TPSA) is 95.7 Å². The second-order valence-electron chi connectivity index (χ2n) is 7.95. The molecule has 0 aliphatic carbocycles. The highest BCUT2D eigenvalue weighted by molar-refractivity contribution is 5.87. The number of likely N-dealkylation sites (tertiary alicyclic amines) is 1. The van der Waals surface area contributed by atoms with E-state index in [0.717, 1.165) is 37.8 Å². The summed E-state index contributed by atoms with van der Waals surface area (Å²) < 4.78 is 0. The lowest BCUT2D eigenvalue weighted by molar-refractivity contribution is -0.127. The molecule has 0 bridgehead atoms. The van der Waals surface area contributed by atoms with Crippen LogP contribution in [0, 0.1) is 0 Å². The summed E-state index contributed by atoms with van der Waals surface area (Å²) in [5, 5.41) is 12.4. The molecule has 160 valence electrons. The number of Topliss-reactive ketones (excluding diaryl/α,β-unsaturated/α-hetero) is 1. The minimum Gasteiger partial charge on any atom is -0.508 e. The van der Waals surface area contributed by atoms with Crippen LogP contribution in [0.5, 0.6) is 5.75 Å². The van der Waals surface area contributed by atoms with E-state index < -0.39 is 6.04 Å². The van der Waals surface area contributed by atoms with Gasteiger partial charge in [-0.05, 0) is 61.9 Å². The highest BCUT2D eigenvalue weighted by Gasteiger charge is 2.32. The lowest BCUT2D eigenvalue weighted by Gasteiger charge is -2.24. The monoisotopic (exact) mass is 409 g/mol. The molecule has 1 heterocycles. The fourth-order valence-corrected chi connectivity index (χ4v) is 3.90. The molecule has 2 atom stereocenters. The van der Waals surface area contributed by atoms with Gasteiger partial charge >= 0.3 is 0 Å². The van der Waals surface area contributed by atoms with Crippen molar-refractivity contribution in [2.75, 3.05) is 19.6 Å². The van der Waals surface area contributed by atoms with Gasteiger partial charge in [0, 0.05) is 6.54 Å². The lowest BCUT2D eigenvalue weighted by Crippen LogP contribution is -2.48. The van der Waals surface area contributed by atoms with E-state index in [0.29, 0.717) is 13.0 Å². The first-order valence-corrected chi connectivity index (χ1v) is 10.6. The number of aryl methyl sites for hydroxylation is 1. The highest BCUT2D eigenvalue weighted by atomic mass is 16.3. The van der Waals surface area contributed by atoms with Crippen molar-refractivity contribution in [3.05, 3.63) is 65.7 Å². The Hall–Kier alpha value is -2.70. The molecular weight excluding hydrogens is 378 g/mol. The third-order valence-electron chi connectivity index (χ3n) is 5.62. The standard InChI is InChI=1S/C24H31N3O3/c25-21(16-19-10-12-20(28)13-11-19)23(29)17-27-15-5-9-22(27)24(30)26-14-4-8-18-6-2-1-3-7-18/h1-3,6-7,10-13,21-22,28H,4-5,8-9,14-17,25H2,(H,26,30)/t21-,22-/m0/s1. The minimum absolute atomic E-state index is 0.000433. The predicted octanol–water partition coefficient (Wildman–Crippen LogP) is 2.04. The molecule has 0 spiro atoms. The smallest absolute Gasteiger partial charge is 0.237 e. The maximum atomic E-state index is 12.6. The third-order valence-corrected chi connectivity index (χ3v) is 5.62. The van der Waals surface area contributed by atoms with E-state index in [1.165, 1.54) is 5.56 Å². The number of nitrogens with zero attached hydrogens (tertiary/aromatic N) is 1. The van der Waals surface area contributed by atoms with Gasteiger partial charge in [0.25, 0.3) is 0 Å². The van der Waals surface area contributed by atoms with Crippen molar-refractivity contribution in [2.24, 2.45) is 5.73 Å². The van der Waals surface area contributed by atoms with E-state index in [9.17, 15) is 14.7 Å². The van der Waals surface area contributed by atoms with Gasteiger partial charge in [0.05, 0.1) is 18.6 Å². The number of phenolic OH excluding ortho intramolecular Hbond substituents is 1. The summed E-state index contributed by atoms with van der Waals surface area (Å²) in [5.41, 5.74) is 8.27. The number of ketones is 1. The molecule has 0 aromatic heterocycles. The van der Waals surface area contributed by atoms with Crippen LogP contribution < -0.4 is 11.1 Å². The number of rotatable bonds is 10. The molecule has 1 saturated heterocycles. The SMILES string of the molecule is N[C@@H](Cc1ccc(O)cc1)C(=O)CN1CCC[C@H]1C(=O)NCCCc1ccccc1. The fourth-order valence-electron chi connectivity index (χ4n) is 3.90. The van der Waals surface area contributed by atoms with Crippen LogP contribution >= 0.6 is 0 Å². The van der Waals surface area contributed by atoms with Gasteiger partial charge in [-0.1, -0.05) is 42.5 Å². The fraction of sp³-hybridized carbons (Fsp3) is 0.417. The van der Waals surface area contributed by atoms with Gasteiger partial charge in [-0.2, -0.15) is 0 Å². The molecule has 1 aliphatic rings. The van der Waals surface area contributed by atoms with Crippen molar-refractivity contribution < 1.29 is 14.7 Å². The molecule has 6 nitrogen and oxygen atoms in total. The summed E-state index contributed by atoms with van der Waals surface area (Å²) in [4.78, 5) is 27.2. The van der Waals surface area contributed by atoms with E-state index in [2.05, 4.69) is 17.4 Å². The summed E-state index contributed by atoms with van der Waals surface area (Å²) in [6.45, 7) is 1.56. The van der Waals surface area contributed by atoms with Gasteiger partial charge in [0.2, 0.25) is 5.91 Å². The first kappa shape index (κ1) is 22.0. The van der Waals surface area contributed by atoms with Gasteiger partial charge in [0.15, 0.2) is 5.78 Å². The van der Waals surface area contributed by atoms with Crippen LogP contribution in [0.15, 0.2) is 54.6 Å². The molecular formula is C24H31N3O3. The van der Waals surface area contributed by atoms with Crippen LogP contribution in [-0.2, 0) is 22.4 Å². The zero-order valence-electron chi connectivity index (χ0n) is 17.3. The molecule has 0 radical (unpaired) electrons. The quantitative estimate of drug-likeness (QED) is 0.522. The lowest BCUT2D eigenvalue weighted by atomic mass is 10.0. The summed E-state index contributed by atoms with van der Waals surface area (Å²) in [6, 6.07) is 16.1. The molecule has 2 aromatic carbocycles. The Kier molecular flexibility index (Phi) is 7.99. The average Bonchev–Trinajstić information content (AvgIpc) is 3.21. The van der Waals surface area contributed by atoms with Crippen LogP contribution in [-0.4, -0.2) is 53.4 Å². The van der Waals surface area contributed by atoms with Crippen LogP contribution in [0.2, 0.25) is 0 Å². The molecule has 2 aromatic rings. The van der Waals surface area contributed by atoms with Gasteiger partial charge < -0.3 is 16.2 Å². The maximum absolute atomic E-state index is 12.6. The summed E-state index contributed by atoms with van der Waals surface area (Å²) in [5.74, 6) is 0.126. The van der Waals surface area contributed by atoms with Gasteiger partial charge in [-0.3, -0.25) is 14.5 Å². The largest absolute Gasteiger partial charge is 0.508 e. The van der Waals surface area contributed by atoms with Crippen molar-refractivity contribution in [2.45, 2.75) is 44.2 Å². The minimum atomic E-state index is -0.621. The van der Waals surface area contributed by atoms with Crippen LogP contribution in [0.3, 0.4) is 0 Å². The third kappa shape index (κ3) is 6.40. The van der Waals surface area contributed by atoms with Crippen molar-refractivity contribution >= 4 is 11.7 Å². The number of amides is 1. The van der Waals surface area contributed by atoms with Crippen molar-refractivity contribution in [3.8, 4) is 5.75 Å². The highest BCUT2D eigenvalue weighted by Crippen LogP contribution is 2.18. The molecule has 1 aliphatic heterocycles. The Morgan fingerprint density at radius 1 is 1.10 bits per heavy atom. The predicted molar refractivity (Wildman–Crippen MR) is 117 cm³/mol. The Bertz CT molecular complexity index is 823. The molecule has 0 unspecified atom stereocenters. The van der Waals surface area contributed by atoms with Crippen LogP contribution in [0.1, 0.15) is 30.4 Å². The first-order valence-electron chi connectivity index (χ1n) is 10.6. The summed E-state index contributed by atoms with van der Waals surface area (Å²) in [6.07, 6.45) is 3.91. The zero-order chi connectivity index (χ0) is 21.3. The zero-order valence-corrected chi connectivity index (χ0v) is 17.3. The summed E-state index contributed by atoms with van der Waals surface area (Å²) in [7, 11) is 0. The molecule has 6 heteroatoms. The summed E-state index contributed by atoms with van der Waals surface area (Å²) >= 11 is 0. The van der Waals surface area contributed by atoms with E-state index in [1.807, 2.05) is 23.1 Å². The number of carbonyl (C=O) groups is 2. The Morgan fingerprint density at radius 3 is 2.57 bits per heavy atom. The number of carbonyl (C=O) groups excluding carboxylic acids is 2. The van der Waals surface area contributed by atoms with Gasteiger partial charge in [-0.25, -0.2) is 0 Å². The number of nitrogens with one attached hydrogen (secondary N) is 1. The average molecular weight is 410 g/mol. The van der Waals surface area contributed by atoms with E-state index in [1.54, 1.807) is 24.3 Å². The second-order valence-corrected chi connectivity index (χ2v) is 7.95. The Labute approximate surface area is 178 Å². The van der Waals surface area contributed by atoms with Crippen molar-refractivity contribution in [3.63, 3.8) is 0 Å². The van der Waals surface area contributed by atoms with Gasteiger partial charge in [0.1, 0.15) is 5.75 Å². The van der Waals surface area contributed by atoms with E-state index in [-0.39, 0.29) is 30.0 Å². The number of benzene rings is 2. The van der Waals surface area contributed by atoms with Crippen LogP contribution in [0.4, 0.5) is 0 Å². The molecule has 1 amide bonds. The number of aromatic hydroxyl groups is 1. The van der Waals surface area contributed by atoms with E-state index >= 15 is 0 Å². The Morgan fingerprint density at radius 2 is 1.83 bits per heavy atom. The van der Waals surface area contributed by atoms with Gasteiger partial charge in [-0.15, -0.1) is 0 Å². The number of phenols is 1. The molecule has 4 N–H and O–H groups in total. The second kappa shape index (κ2) is 10.9. The molecule has 1 fully saturated rings. The number of hydrogen-bond donors (Lipinski definition) is 3. The van der Waals surface area contributed by atoms with Crippen molar-refractivity contribution in [1.82, 2.24) is 10.2 Å². The number of nitrogens with two attached hydrogens (primary N) is 1. The van der Waals surface area contributed by atoms with Crippen LogP contribution in [0.25, 0.3) is 0 Å². The molecule has 0 saturated carbocycles.